The zero-order valence-electron chi connectivity index (χ0n) is 14.8. The van der Waals surface area contributed by atoms with Gasteiger partial charge in [0, 0.05) is 12.5 Å². The average molecular weight is 337 g/mol. The van der Waals surface area contributed by atoms with Gasteiger partial charge in [-0.1, -0.05) is 24.3 Å². The predicted octanol–water partition coefficient (Wildman–Crippen LogP) is 3.16. The molecule has 2 aromatic carbocycles. The topological polar surface area (TPSA) is 56.2 Å². The molecule has 0 radical (unpaired) electrons. The number of ether oxygens (including phenoxy) is 1. The van der Waals surface area contributed by atoms with Crippen LogP contribution in [0.5, 0.6) is 5.75 Å². The second-order valence-electron chi connectivity index (χ2n) is 6.35. The molecule has 25 heavy (non-hydrogen) atoms. The monoisotopic (exact) mass is 337 g/mol. The number of hydrogen-bond donors (Lipinski definition) is 1. The van der Waals surface area contributed by atoms with Gasteiger partial charge >= 0.3 is 0 Å². The lowest BCUT2D eigenvalue weighted by atomic mass is 10.1. The minimum atomic E-state index is -0.00543. The predicted molar refractivity (Wildman–Crippen MR) is 98.8 cm³/mol. The summed E-state index contributed by atoms with van der Waals surface area (Å²) in [5.41, 5.74) is 3.01. The maximum Gasteiger partial charge on any atom is 0.240 e. The van der Waals surface area contributed by atoms with Crippen molar-refractivity contribution < 1.29 is 9.53 Å². The highest BCUT2D eigenvalue weighted by Gasteiger charge is 2.14. The number of nitrogens with one attached hydrogen (secondary N) is 1. The summed E-state index contributed by atoms with van der Waals surface area (Å²) in [6.07, 6.45) is 0.660. The fraction of sp³-hybridized carbons (Fsp3) is 0.300. The molecule has 1 N–H and O–H groups in total. The Bertz CT molecular complexity index is 866. The smallest absolute Gasteiger partial charge is 0.240 e. The SMILES string of the molecule is COc1ccc(Cc2nc3ccccc3n2CC(=O)NC(C)C)cc1. The van der Waals surface area contributed by atoms with E-state index >= 15 is 0 Å². The molecule has 5 nitrogen and oxygen atoms in total. The van der Waals surface area contributed by atoms with E-state index in [0.29, 0.717) is 6.42 Å². The van der Waals surface area contributed by atoms with Crippen LogP contribution in [0.15, 0.2) is 48.5 Å². The van der Waals surface area contributed by atoms with Crippen LogP contribution in [-0.4, -0.2) is 28.6 Å². The van der Waals surface area contributed by atoms with Gasteiger partial charge in [0.1, 0.15) is 18.1 Å². The van der Waals surface area contributed by atoms with Crippen molar-refractivity contribution in [2.45, 2.75) is 32.9 Å². The molecule has 0 spiro atoms. The molecule has 0 aliphatic heterocycles. The molecule has 0 aliphatic carbocycles. The van der Waals surface area contributed by atoms with E-state index in [1.807, 2.05) is 66.9 Å². The highest BCUT2D eigenvalue weighted by atomic mass is 16.5. The summed E-state index contributed by atoms with van der Waals surface area (Å²) in [4.78, 5) is 17.0. The van der Waals surface area contributed by atoms with Gasteiger partial charge in [0.05, 0.1) is 18.1 Å². The van der Waals surface area contributed by atoms with E-state index in [2.05, 4.69) is 5.32 Å². The minimum Gasteiger partial charge on any atom is -0.497 e. The molecule has 1 amide bonds. The standard InChI is InChI=1S/C20H23N3O2/c1-14(2)21-20(24)13-23-18-7-5-4-6-17(18)22-19(23)12-15-8-10-16(25-3)11-9-15/h4-11,14H,12-13H2,1-3H3,(H,21,24). The van der Waals surface area contributed by atoms with Crippen LogP contribution in [0.1, 0.15) is 25.2 Å². The van der Waals surface area contributed by atoms with Gasteiger partial charge in [0.25, 0.3) is 0 Å². The number of imidazole rings is 1. The third-order valence-electron chi connectivity index (χ3n) is 4.01. The number of methoxy groups -OCH3 is 1. The van der Waals surface area contributed by atoms with Crippen molar-refractivity contribution in [2.75, 3.05) is 7.11 Å². The minimum absolute atomic E-state index is 0.00543. The van der Waals surface area contributed by atoms with E-state index < -0.39 is 0 Å². The molecule has 3 rings (SSSR count). The van der Waals surface area contributed by atoms with Crippen LogP contribution < -0.4 is 10.1 Å². The number of benzene rings is 2. The molecule has 3 aromatic rings. The molecule has 0 bridgehead atoms. The van der Waals surface area contributed by atoms with Crippen LogP contribution in [0.3, 0.4) is 0 Å². The number of aromatic nitrogens is 2. The van der Waals surface area contributed by atoms with E-state index in [0.717, 1.165) is 28.2 Å². The van der Waals surface area contributed by atoms with Gasteiger partial charge in [-0.2, -0.15) is 0 Å². The Morgan fingerprint density at radius 3 is 2.56 bits per heavy atom. The van der Waals surface area contributed by atoms with Gasteiger partial charge in [-0.25, -0.2) is 4.98 Å². The lowest BCUT2D eigenvalue weighted by molar-refractivity contribution is -0.122. The Kier molecular flexibility index (Phi) is 5.03. The maximum absolute atomic E-state index is 12.3. The summed E-state index contributed by atoms with van der Waals surface area (Å²) in [7, 11) is 1.65. The van der Waals surface area contributed by atoms with Crippen LogP contribution in [0.4, 0.5) is 0 Å². The van der Waals surface area contributed by atoms with Crippen LogP contribution in [0.25, 0.3) is 11.0 Å². The molecule has 0 atom stereocenters. The molecule has 0 fully saturated rings. The quantitative estimate of drug-likeness (QED) is 0.752. The maximum atomic E-state index is 12.3. The van der Waals surface area contributed by atoms with Crippen molar-refractivity contribution >= 4 is 16.9 Å². The highest BCUT2D eigenvalue weighted by molar-refractivity contribution is 5.81. The fourth-order valence-corrected chi connectivity index (χ4v) is 2.87. The lowest BCUT2D eigenvalue weighted by Crippen LogP contribution is -2.33. The number of amides is 1. The molecular formula is C20H23N3O2. The molecule has 1 heterocycles. The zero-order valence-corrected chi connectivity index (χ0v) is 14.8. The highest BCUT2D eigenvalue weighted by Crippen LogP contribution is 2.20. The number of nitrogens with zero attached hydrogens (tertiary/aromatic N) is 2. The fourth-order valence-electron chi connectivity index (χ4n) is 2.87. The zero-order chi connectivity index (χ0) is 17.8. The van der Waals surface area contributed by atoms with Crippen LogP contribution in [0.2, 0.25) is 0 Å². The van der Waals surface area contributed by atoms with Gasteiger partial charge in [0.2, 0.25) is 5.91 Å². The number of carbonyl (C=O) groups is 1. The van der Waals surface area contributed by atoms with Crippen LogP contribution in [0, 0.1) is 0 Å². The Balaban J connectivity index is 1.92. The molecular weight excluding hydrogens is 314 g/mol. The third kappa shape index (κ3) is 3.99. The second-order valence-corrected chi connectivity index (χ2v) is 6.35. The number of carbonyl (C=O) groups excluding carboxylic acids is 1. The van der Waals surface area contributed by atoms with E-state index in [1.54, 1.807) is 7.11 Å². The van der Waals surface area contributed by atoms with Crippen molar-refractivity contribution in [1.82, 2.24) is 14.9 Å². The number of fused-ring (bicyclic) bond motifs is 1. The number of para-hydroxylation sites is 2. The first kappa shape index (κ1) is 17.0. The Labute approximate surface area is 147 Å². The Hall–Kier alpha value is -2.82. The van der Waals surface area contributed by atoms with Crippen LogP contribution in [-0.2, 0) is 17.8 Å². The van der Waals surface area contributed by atoms with Gasteiger partial charge in [-0.05, 0) is 43.7 Å². The molecule has 0 aliphatic rings. The first-order valence-electron chi connectivity index (χ1n) is 8.43. The summed E-state index contributed by atoms with van der Waals surface area (Å²) in [5, 5.41) is 2.95. The largest absolute Gasteiger partial charge is 0.497 e. The van der Waals surface area contributed by atoms with Gasteiger partial charge in [-0.15, -0.1) is 0 Å². The van der Waals surface area contributed by atoms with E-state index in [9.17, 15) is 4.79 Å². The molecule has 0 saturated carbocycles. The first-order chi connectivity index (χ1) is 12.1. The second kappa shape index (κ2) is 7.38. The Morgan fingerprint density at radius 2 is 1.88 bits per heavy atom. The van der Waals surface area contributed by atoms with E-state index in [1.165, 1.54) is 0 Å². The summed E-state index contributed by atoms with van der Waals surface area (Å²) < 4.78 is 7.20. The van der Waals surface area contributed by atoms with Crippen molar-refractivity contribution in [2.24, 2.45) is 0 Å². The molecule has 0 unspecified atom stereocenters. The summed E-state index contributed by atoms with van der Waals surface area (Å²) in [5.74, 6) is 1.70. The normalized spacial score (nSPS) is 11.0. The van der Waals surface area contributed by atoms with Crippen LogP contribution >= 0.6 is 0 Å². The first-order valence-corrected chi connectivity index (χ1v) is 8.43. The lowest BCUT2D eigenvalue weighted by Gasteiger charge is -2.12. The third-order valence-corrected chi connectivity index (χ3v) is 4.01. The summed E-state index contributed by atoms with van der Waals surface area (Å²) in [6, 6.07) is 16.0. The molecule has 130 valence electrons. The Morgan fingerprint density at radius 1 is 1.16 bits per heavy atom. The molecule has 5 heteroatoms. The van der Waals surface area contributed by atoms with Gasteiger partial charge in [0.15, 0.2) is 0 Å². The van der Waals surface area contributed by atoms with Crippen molar-refractivity contribution in [3.05, 3.63) is 59.9 Å². The van der Waals surface area contributed by atoms with Gasteiger partial charge in [-0.3, -0.25) is 4.79 Å². The van der Waals surface area contributed by atoms with Crippen molar-refractivity contribution in [3.63, 3.8) is 0 Å². The van der Waals surface area contributed by atoms with Crippen molar-refractivity contribution in [1.29, 1.82) is 0 Å². The summed E-state index contributed by atoms with van der Waals surface area (Å²) >= 11 is 0. The van der Waals surface area contributed by atoms with Crippen molar-refractivity contribution in [3.8, 4) is 5.75 Å². The average Bonchev–Trinajstić information content (AvgIpc) is 2.92. The van der Waals surface area contributed by atoms with Gasteiger partial charge < -0.3 is 14.6 Å². The number of rotatable bonds is 6. The van der Waals surface area contributed by atoms with E-state index in [-0.39, 0.29) is 18.5 Å². The summed E-state index contributed by atoms with van der Waals surface area (Å²) in [6.45, 7) is 4.19. The molecule has 0 saturated heterocycles. The number of hydrogen-bond acceptors (Lipinski definition) is 3. The molecule has 1 aromatic heterocycles. The van der Waals surface area contributed by atoms with E-state index in [4.69, 9.17) is 9.72 Å².